The van der Waals surface area contributed by atoms with Gasteiger partial charge in [-0.15, -0.1) is 0 Å². The molecule has 0 spiro atoms. The van der Waals surface area contributed by atoms with Crippen LogP contribution in [0.15, 0.2) is 0 Å². The zero-order chi connectivity index (χ0) is 9.72. The number of hydrogen-bond acceptors (Lipinski definition) is 4. The number of nitrogens with two attached hydrogens (primary N) is 2. The van der Waals surface area contributed by atoms with E-state index in [0.717, 1.165) is 0 Å². The van der Waals surface area contributed by atoms with E-state index >= 15 is 0 Å². The van der Waals surface area contributed by atoms with E-state index in [1.165, 1.54) is 0 Å². The monoisotopic (exact) mass is 175 g/mol. The standard InChI is InChI=1S/C8H21N3O/c1-4-7(12)6(9)5-8(10)11(2)3/h6-8,12H,4-5,9-10H2,1-3H3. The van der Waals surface area contributed by atoms with Gasteiger partial charge in [-0.25, -0.2) is 0 Å². The van der Waals surface area contributed by atoms with Crippen LogP contribution >= 0.6 is 0 Å². The van der Waals surface area contributed by atoms with E-state index < -0.39 is 6.10 Å². The van der Waals surface area contributed by atoms with Crippen molar-refractivity contribution in [1.29, 1.82) is 0 Å². The normalized spacial score (nSPS) is 19.2. The van der Waals surface area contributed by atoms with Crippen LogP contribution < -0.4 is 11.5 Å². The molecule has 0 bridgehead atoms. The first-order valence-electron chi connectivity index (χ1n) is 4.34. The van der Waals surface area contributed by atoms with Crippen LogP contribution in [0.3, 0.4) is 0 Å². The van der Waals surface area contributed by atoms with E-state index in [1.807, 2.05) is 25.9 Å². The van der Waals surface area contributed by atoms with Crippen LogP contribution in [0.4, 0.5) is 0 Å². The number of aliphatic hydroxyl groups excluding tert-OH is 1. The Balaban J connectivity index is 3.75. The van der Waals surface area contributed by atoms with E-state index in [9.17, 15) is 5.11 Å². The Labute approximate surface area is 74.5 Å². The molecular formula is C8H21N3O. The summed E-state index contributed by atoms with van der Waals surface area (Å²) < 4.78 is 0. The molecule has 0 saturated carbocycles. The Bertz CT molecular complexity index is 119. The lowest BCUT2D eigenvalue weighted by Gasteiger charge is -2.25. The lowest BCUT2D eigenvalue weighted by molar-refractivity contribution is 0.121. The second-order valence-electron chi connectivity index (χ2n) is 3.41. The summed E-state index contributed by atoms with van der Waals surface area (Å²) in [7, 11) is 3.80. The van der Waals surface area contributed by atoms with Crippen LogP contribution in [0.2, 0.25) is 0 Å². The maximum atomic E-state index is 9.36. The van der Waals surface area contributed by atoms with Crippen LogP contribution in [0.1, 0.15) is 19.8 Å². The topological polar surface area (TPSA) is 75.5 Å². The maximum Gasteiger partial charge on any atom is 0.0689 e. The highest BCUT2D eigenvalue weighted by Crippen LogP contribution is 2.03. The van der Waals surface area contributed by atoms with E-state index in [0.29, 0.717) is 12.8 Å². The van der Waals surface area contributed by atoms with Crippen molar-refractivity contribution in [2.75, 3.05) is 14.1 Å². The van der Waals surface area contributed by atoms with Crippen molar-refractivity contribution >= 4 is 0 Å². The summed E-state index contributed by atoms with van der Waals surface area (Å²) in [6.07, 6.45) is 0.806. The Morgan fingerprint density at radius 3 is 2.17 bits per heavy atom. The average molecular weight is 175 g/mol. The molecule has 0 fully saturated rings. The fraction of sp³-hybridized carbons (Fsp3) is 1.00. The first-order valence-corrected chi connectivity index (χ1v) is 4.34. The predicted octanol–water partition coefficient (Wildman–Crippen LogP) is -0.679. The van der Waals surface area contributed by atoms with Crippen LogP contribution in [-0.2, 0) is 0 Å². The smallest absolute Gasteiger partial charge is 0.0689 e. The van der Waals surface area contributed by atoms with Crippen LogP contribution in [-0.4, -0.2) is 42.4 Å². The highest BCUT2D eigenvalue weighted by atomic mass is 16.3. The minimum Gasteiger partial charge on any atom is -0.392 e. The van der Waals surface area contributed by atoms with E-state index in [4.69, 9.17) is 11.5 Å². The number of nitrogens with zero attached hydrogens (tertiary/aromatic N) is 1. The van der Waals surface area contributed by atoms with Crippen molar-refractivity contribution in [3.63, 3.8) is 0 Å². The molecule has 0 rings (SSSR count). The molecule has 12 heavy (non-hydrogen) atoms. The van der Waals surface area contributed by atoms with Gasteiger partial charge in [0.05, 0.1) is 12.3 Å². The second-order valence-corrected chi connectivity index (χ2v) is 3.41. The van der Waals surface area contributed by atoms with Gasteiger partial charge in [0.1, 0.15) is 0 Å². The van der Waals surface area contributed by atoms with E-state index in [-0.39, 0.29) is 12.2 Å². The fourth-order valence-electron chi connectivity index (χ4n) is 0.950. The summed E-state index contributed by atoms with van der Waals surface area (Å²) >= 11 is 0. The van der Waals surface area contributed by atoms with Crippen molar-refractivity contribution in [1.82, 2.24) is 4.90 Å². The number of aliphatic hydroxyl groups is 1. The molecule has 5 N–H and O–H groups in total. The lowest BCUT2D eigenvalue weighted by atomic mass is 10.0. The first-order chi connectivity index (χ1) is 5.49. The summed E-state index contributed by atoms with van der Waals surface area (Å²) in [5.74, 6) is 0. The van der Waals surface area contributed by atoms with Gasteiger partial charge in [0, 0.05) is 6.04 Å². The molecule has 0 aliphatic heterocycles. The third-order valence-electron chi connectivity index (χ3n) is 2.09. The Morgan fingerprint density at radius 2 is 1.83 bits per heavy atom. The molecule has 3 atom stereocenters. The molecule has 0 amide bonds. The van der Waals surface area contributed by atoms with Gasteiger partial charge in [-0.2, -0.15) is 0 Å². The molecule has 0 aliphatic rings. The SMILES string of the molecule is CCC(O)C(N)CC(N)N(C)C. The van der Waals surface area contributed by atoms with Crippen LogP contribution in [0, 0.1) is 0 Å². The van der Waals surface area contributed by atoms with Gasteiger partial charge in [-0.05, 0) is 26.9 Å². The minimum atomic E-state index is -0.434. The molecule has 0 aliphatic carbocycles. The highest BCUT2D eigenvalue weighted by Gasteiger charge is 2.16. The average Bonchev–Trinajstić information content (AvgIpc) is 2.02. The molecule has 3 unspecified atom stereocenters. The Morgan fingerprint density at radius 1 is 1.33 bits per heavy atom. The first kappa shape index (κ1) is 11.8. The van der Waals surface area contributed by atoms with Gasteiger partial charge in [-0.3, -0.25) is 4.90 Å². The molecule has 74 valence electrons. The molecule has 0 saturated heterocycles. The second kappa shape index (κ2) is 5.48. The summed E-state index contributed by atoms with van der Waals surface area (Å²) in [5, 5.41) is 9.36. The largest absolute Gasteiger partial charge is 0.392 e. The number of hydrogen-bond donors (Lipinski definition) is 3. The summed E-state index contributed by atoms with van der Waals surface area (Å²) in [6.45, 7) is 1.91. The van der Waals surface area contributed by atoms with Crippen molar-refractivity contribution < 1.29 is 5.11 Å². The minimum absolute atomic E-state index is 0.0683. The predicted molar refractivity (Wildman–Crippen MR) is 50.6 cm³/mol. The van der Waals surface area contributed by atoms with E-state index in [2.05, 4.69) is 0 Å². The molecule has 4 heteroatoms. The summed E-state index contributed by atoms with van der Waals surface area (Å²) in [6, 6.07) is -0.215. The third-order valence-corrected chi connectivity index (χ3v) is 2.09. The lowest BCUT2D eigenvalue weighted by Crippen LogP contribution is -2.45. The quantitative estimate of drug-likeness (QED) is 0.484. The Kier molecular flexibility index (Phi) is 5.41. The van der Waals surface area contributed by atoms with Crippen LogP contribution in [0.25, 0.3) is 0 Å². The molecular weight excluding hydrogens is 154 g/mol. The van der Waals surface area contributed by atoms with Crippen molar-refractivity contribution in [3.8, 4) is 0 Å². The zero-order valence-corrected chi connectivity index (χ0v) is 8.20. The summed E-state index contributed by atoms with van der Waals surface area (Å²) in [4.78, 5) is 1.89. The highest BCUT2D eigenvalue weighted by molar-refractivity contribution is 4.74. The van der Waals surface area contributed by atoms with Crippen molar-refractivity contribution in [3.05, 3.63) is 0 Å². The third kappa shape index (κ3) is 4.01. The van der Waals surface area contributed by atoms with Gasteiger partial charge in [0.25, 0.3) is 0 Å². The number of rotatable bonds is 5. The van der Waals surface area contributed by atoms with Crippen LogP contribution in [0.5, 0.6) is 0 Å². The van der Waals surface area contributed by atoms with Gasteiger partial charge >= 0.3 is 0 Å². The molecule has 0 heterocycles. The van der Waals surface area contributed by atoms with Gasteiger partial charge in [0.15, 0.2) is 0 Å². The fourth-order valence-corrected chi connectivity index (χ4v) is 0.950. The van der Waals surface area contributed by atoms with Gasteiger partial charge in [0.2, 0.25) is 0 Å². The Hall–Kier alpha value is -0.160. The molecule has 0 aromatic heterocycles. The van der Waals surface area contributed by atoms with Crippen molar-refractivity contribution in [2.45, 2.75) is 38.1 Å². The molecule has 0 radical (unpaired) electrons. The molecule has 0 aromatic rings. The molecule has 4 nitrogen and oxygen atoms in total. The summed E-state index contributed by atoms with van der Waals surface area (Å²) in [5.41, 5.74) is 11.5. The van der Waals surface area contributed by atoms with E-state index in [1.54, 1.807) is 0 Å². The maximum absolute atomic E-state index is 9.36. The van der Waals surface area contributed by atoms with Gasteiger partial charge < -0.3 is 16.6 Å². The molecule has 0 aromatic carbocycles. The van der Waals surface area contributed by atoms with Crippen molar-refractivity contribution in [2.24, 2.45) is 11.5 Å². The zero-order valence-electron chi connectivity index (χ0n) is 8.20. The van der Waals surface area contributed by atoms with Gasteiger partial charge in [-0.1, -0.05) is 6.92 Å².